The van der Waals surface area contributed by atoms with Gasteiger partial charge in [0.25, 0.3) is 5.69 Å². The van der Waals surface area contributed by atoms with Gasteiger partial charge in [-0.3, -0.25) is 29.3 Å². The van der Waals surface area contributed by atoms with Crippen LogP contribution in [0.3, 0.4) is 0 Å². The fourth-order valence-corrected chi connectivity index (χ4v) is 13.8. The SMILES string of the molecule is CC(C)CCC[C@@H](C)[C@H]1CC[C@H]2[C@@H]3CC=C4CC(OCCCNC(=O)CCC(=O)N[C@@H](CC(C)C)C(=O)N[C@@H](Cc5ccccc5)C(=O)Nc5ccc(COC(=O)Oc6ccc([N+](=O)[O-])cc6)cc5)CC[C@]4(C)[C@H]3CC[C@]12C. The third-order valence-corrected chi connectivity index (χ3v) is 17.9. The van der Waals surface area contributed by atoms with E-state index in [1.54, 1.807) is 29.8 Å². The summed E-state index contributed by atoms with van der Waals surface area (Å²) in [5.41, 5.74) is 4.06. The number of nitro groups is 1. The molecule has 0 aliphatic heterocycles. The van der Waals surface area contributed by atoms with Crippen LogP contribution in [-0.2, 0) is 41.7 Å². The number of hydrogen-bond donors (Lipinski definition) is 4. The number of benzene rings is 3. The van der Waals surface area contributed by atoms with Crippen molar-refractivity contribution in [2.45, 2.75) is 176 Å². The Morgan fingerprint density at radius 2 is 1.47 bits per heavy atom. The molecule has 4 aliphatic carbocycles. The Morgan fingerprint density at radius 1 is 0.744 bits per heavy atom. The van der Waals surface area contributed by atoms with Gasteiger partial charge in [0.05, 0.1) is 11.0 Å². The van der Waals surface area contributed by atoms with Gasteiger partial charge in [0.1, 0.15) is 24.4 Å². The van der Waals surface area contributed by atoms with Crippen molar-refractivity contribution in [2.75, 3.05) is 18.5 Å². The molecule has 1 unspecified atom stereocenters. The molecule has 0 saturated heterocycles. The lowest BCUT2D eigenvalue weighted by atomic mass is 9.47. The van der Waals surface area contributed by atoms with Crippen molar-refractivity contribution >= 4 is 41.2 Å². The van der Waals surface area contributed by atoms with E-state index in [4.69, 9.17) is 14.2 Å². The lowest BCUT2D eigenvalue weighted by Crippen LogP contribution is -2.53. The minimum absolute atomic E-state index is 0.0243. The van der Waals surface area contributed by atoms with E-state index in [0.29, 0.717) is 42.7 Å². The molecule has 0 aromatic heterocycles. The molecule has 4 N–H and O–H groups in total. The quantitative estimate of drug-likeness (QED) is 0.0149. The number of nitrogens with one attached hydrogen (secondary N) is 4. The monoisotopic (exact) mass is 1070 g/mol. The number of amides is 4. The Bertz CT molecular complexity index is 2530. The Balaban J connectivity index is 0.821. The van der Waals surface area contributed by atoms with Gasteiger partial charge in [0.15, 0.2) is 0 Å². The average molecular weight is 1070 g/mol. The molecule has 0 heterocycles. The maximum absolute atomic E-state index is 13.9. The second-order valence-corrected chi connectivity index (χ2v) is 24.3. The molecular weight excluding hydrogens is 987 g/mol. The summed E-state index contributed by atoms with van der Waals surface area (Å²) in [5, 5.41) is 22.4. The van der Waals surface area contributed by atoms with Crippen molar-refractivity contribution in [3.05, 3.63) is 112 Å². The molecule has 7 rings (SSSR count). The molecule has 78 heavy (non-hydrogen) atoms. The van der Waals surface area contributed by atoms with Gasteiger partial charge in [0, 0.05) is 50.2 Å². The second kappa shape index (κ2) is 27.7. The number of anilines is 1. The van der Waals surface area contributed by atoms with Crippen molar-refractivity contribution in [2.24, 2.45) is 52.3 Å². The van der Waals surface area contributed by atoms with Gasteiger partial charge >= 0.3 is 6.16 Å². The molecule has 3 fully saturated rings. The number of allylic oxidation sites excluding steroid dienone is 1. The molecule has 0 radical (unpaired) electrons. The number of carbonyl (C=O) groups is 5. The Morgan fingerprint density at radius 3 is 2.18 bits per heavy atom. The van der Waals surface area contributed by atoms with E-state index >= 15 is 0 Å². The zero-order valence-corrected chi connectivity index (χ0v) is 47.3. The number of non-ortho nitro benzene ring substituents is 1. The van der Waals surface area contributed by atoms with Crippen molar-refractivity contribution < 1.29 is 43.1 Å². The van der Waals surface area contributed by atoms with E-state index in [9.17, 15) is 34.1 Å². The average Bonchev–Trinajstić information content (AvgIpc) is 3.94. The van der Waals surface area contributed by atoms with Crippen molar-refractivity contribution in [3.63, 3.8) is 0 Å². The summed E-state index contributed by atoms with van der Waals surface area (Å²) in [4.78, 5) is 76.6. The second-order valence-electron chi connectivity index (χ2n) is 24.3. The minimum atomic E-state index is -1.01. The smallest absolute Gasteiger partial charge is 0.429 e. The van der Waals surface area contributed by atoms with Crippen LogP contribution in [0.25, 0.3) is 0 Å². The van der Waals surface area contributed by atoms with Crippen LogP contribution in [0.1, 0.15) is 156 Å². The van der Waals surface area contributed by atoms with E-state index in [0.717, 1.165) is 53.9 Å². The number of carbonyl (C=O) groups excluding carboxylic acids is 5. The van der Waals surface area contributed by atoms with E-state index < -0.39 is 40.9 Å². The number of fused-ring (bicyclic) bond motifs is 5. The Labute approximate surface area is 462 Å². The van der Waals surface area contributed by atoms with E-state index in [1.807, 2.05) is 44.2 Å². The lowest BCUT2D eigenvalue weighted by Gasteiger charge is -2.58. The van der Waals surface area contributed by atoms with Crippen molar-refractivity contribution in [1.82, 2.24) is 16.0 Å². The summed E-state index contributed by atoms with van der Waals surface area (Å²) in [5.74, 6) is 3.33. The van der Waals surface area contributed by atoms with Crippen LogP contribution < -0.4 is 26.0 Å². The lowest BCUT2D eigenvalue weighted by molar-refractivity contribution is -0.384. The van der Waals surface area contributed by atoms with E-state index in [2.05, 4.69) is 62.0 Å². The number of ether oxygens (including phenoxy) is 3. The molecule has 0 spiro atoms. The standard InChI is InChI=1S/C63H87N5O10/c1-41(2)13-11-14-43(5)52-27-28-53-51-26-19-46-39-50(31-33-62(46,6)54(51)32-34-63(52,53)7)76-36-12-35-64-57(69)29-30-58(70)66-55(37-42(3)4)60(72)67-56(38-44-15-9-8-10-16-44)59(71)65-47-20-17-45(18-21-47)40-77-61(73)78-49-24-22-48(23-25-49)68(74)75/h8-10,15-25,41-43,50-56H,11-14,26-40H2,1-7H3,(H,64,69)(H,65,71)(H,66,70)(H,67,72)/t43-,50?,51+,52-,53+,54+,55+,56+,62+,63-/m1/s1. The molecule has 3 aromatic rings. The summed E-state index contributed by atoms with van der Waals surface area (Å²) >= 11 is 0. The van der Waals surface area contributed by atoms with Crippen molar-refractivity contribution in [1.29, 1.82) is 0 Å². The van der Waals surface area contributed by atoms with Crippen LogP contribution in [0.5, 0.6) is 5.75 Å². The molecule has 3 saturated carbocycles. The van der Waals surface area contributed by atoms with Gasteiger partial charge in [-0.25, -0.2) is 4.79 Å². The van der Waals surface area contributed by atoms with Gasteiger partial charge in [-0.15, -0.1) is 0 Å². The highest BCUT2D eigenvalue weighted by Crippen LogP contribution is 2.67. The Kier molecular flexibility index (Phi) is 21.1. The van der Waals surface area contributed by atoms with Crippen LogP contribution in [0, 0.1) is 62.4 Å². The fraction of sp³-hybridized carbons (Fsp3) is 0.603. The third kappa shape index (κ3) is 16.0. The first-order valence-electron chi connectivity index (χ1n) is 29.0. The van der Waals surface area contributed by atoms with Crippen LogP contribution in [0.15, 0.2) is 90.5 Å². The zero-order chi connectivity index (χ0) is 56.0. The summed E-state index contributed by atoms with van der Waals surface area (Å²) in [7, 11) is 0. The van der Waals surface area contributed by atoms with Crippen LogP contribution in [0.4, 0.5) is 16.2 Å². The first-order valence-corrected chi connectivity index (χ1v) is 29.0. The largest absolute Gasteiger partial charge is 0.514 e. The number of nitrogens with zero attached hydrogens (tertiary/aromatic N) is 1. The highest BCUT2D eigenvalue weighted by molar-refractivity contribution is 5.98. The molecular formula is C63H87N5O10. The maximum atomic E-state index is 13.9. The number of nitro benzene ring substituents is 1. The summed E-state index contributed by atoms with van der Waals surface area (Å²) in [6.45, 7) is 17.2. The summed E-state index contributed by atoms with van der Waals surface area (Å²) in [6, 6.07) is 18.9. The highest BCUT2D eigenvalue weighted by Gasteiger charge is 2.59. The third-order valence-electron chi connectivity index (χ3n) is 17.9. The van der Waals surface area contributed by atoms with Gasteiger partial charge in [-0.1, -0.05) is 122 Å². The first-order chi connectivity index (χ1) is 37.3. The predicted octanol–water partition coefficient (Wildman–Crippen LogP) is 12.2. The molecule has 424 valence electrons. The number of hydrogen-bond acceptors (Lipinski definition) is 10. The molecule has 4 amide bonds. The van der Waals surface area contributed by atoms with Crippen LogP contribution in [0.2, 0.25) is 0 Å². The predicted molar refractivity (Wildman–Crippen MR) is 302 cm³/mol. The molecule has 15 nitrogen and oxygen atoms in total. The fourth-order valence-electron chi connectivity index (χ4n) is 13.8. The molecule has 3 aromatic carbocycles. The normalized spacial score (nSPS) is 24.5. The van der Waals surface area contributed by atoms with Crippen molar-refractivity contribution in [3.8, 4) is 5.75 Å². The van der Waals surface area contributed by atoms with Gasteiger partial charge in [-0.2, -0.15) is 0 Å². The topological polar surface area (TPSA) is 204 Å². The Hall–Kier alpha value is -6.09. The highest BCUT2D eigenvalue weighted by atomic mass is 16.7. The minimum Gasteiger partial charge on any atom is -0.429 e. The first kappa shape index (κ1) is 59.6. The number of rotatable bonds is 26. The van der Waals surface area contributed by atoms with E-state index in [1.165, 1.54) is 82.1 Å². The van der Waals surface area contributed by atoms with E-state index in [-0.39, 0.29) is 60.7 Å². The molecule has 0 bridgehead atoms. The van der Waals surface area contributed by atoms with Crippen LogP contribution in [-0.4, -0.2) is 66.0 Å². The van der Waals surface area contributed by atoms with Gasteiger partial charge < -0.3 is 35.5 Å². The maximum Gasteiger partial charge on any atom is 0.514 e. The van der Waals surface area contributed by atoms with Gasteiger partial charge in [0.2, 0.25) is 23.6 Å². The van der Waals surface area contributed by atoms with Crippen LogP contribution >= 0.6 is 0 Å². The zero-order valence-electron chi connectivity index (χ0n) is 47.3. The molecule has 15 heteroatoms. The molecule has 10 atom stereocenters. The summed E-state index contributed by atoms with van der Waals surface area (Å²) < 4.78 is 16.7. The summed E-state index contributed by atoms with van der Waals surface area (Å²) in [6.07, 6.45) is 17.0. The van der Waals surface area contributed by atoms with Gasteiger partial charge in [-0.05, 0) is 152 Å². The molecule has 4 aliphatic rings.